The average Bonchev–Trinajstić information content (AvgIpc) is 2.43. The Morgan fingerprint density at radius 2 is 1.95 bits per heavy atom. The number of para-hydroxylation sites is 1. The van der Waals surface area contributed by atoms with Crippen LogP contribution in [0.1, 0.15) is 44.7 Å². The van der Waals surface area contributed by atoms with Gasteiger partial charge in [0.2, 0.25) is 0 Å². The molecular formula is C16H25NO2. The Morgan fingerprint density at radius 3 is 2.68 bits per heavy atom. The first-order chi connectivity index (χ1) is 9.22. The minimum Gasteiger partial charge on any atom is -0.486 e. The molecule has 1 N–H and O–H groups in total. The van der Waals surface area contributed by atoms with E-state index in [1.54, 1.807) is 0 Å². The van der Waals surface area contributed by atoms with Gasteiger partial charge in [0.15, 0.2) is 11.5 Å². The third kappa shape index (κ3) is 3.63. The second-order valence-corrected chi connectivity index (χ2v) is 5.54. The van der Waals surface area contributed by atoms with Crippen molar-refractivity contribution in [3.8, 4) is 11.5 Å². The van der Waals surface area contributed by atoms with E-state index < -0.39 is 0 Å². The summed E-state index contributed by atoms with van der Waals surface area (Å²) in [6, 6.07) is 6.52. The molecule has 1 atom stereocenters. The van der Waals surface area contributed by atoms with Crippen LogP contribution in [0, 0.1) is 5.92 Å². The smallest absolute Gasteiger partial charge is 0.166 e. The van der Waals surface area contributed by atoms with E-state index in [0.717, 1.165) is 23.8 Å². The van der Waals surface area contributed by atoms with Crippen molar-refractivity contribution in [1.29, 1.82) is 0 Å². The molecule has 19 heavy (non-hydrogen) atoms. The molecule has 0 spiro atoms. The van der Waals surface area contributed by atoms with Crippen LogP contribution in [0.4, 0.5) is 0 Å². The normalized spacial score (nSPS) is 15.6. The summed E-state index contributed by atoms with van der Waals surface area (Å²) < 4.78 is 11.4. The van der Waals surface area contributed by atoms with Crippen molar-refractivity contribution in [2.75, 3.05) is 20.3 Å². The molecule has 0 amide bonds. The van der Waals surface area contributed by atoms with Gasteiger partial charge >= 0.3 is 0 Å². The van der Waals surface area contributed by atoms with Crippen LogP contribution in [-0.4, -0.2) is 20.3 Å². The van der Waals surface area contributed by atoms with Gasteiger partial charge in [-0.25, -0.2) is 0 Å². The number of hydrogen-bond donors (Lipinski definition) is 1. The van der Waals surface area contributed by atoms with Gasteiger partial charge in [-0.2, -0.15) is 0 Å². The molecular weight excluding hydrogens is 238 g/mol. The van der Waals surface area contributed by atoms with Crippen LogP contribution in [0.2, 0.25) is 0 Å². The van der Waals surface area contributed by atoms with E-state index in [0.29, 0.717) is 19.3 Å². The molecule has 2 rings (SSSR count). The average molecular weight is 263 g/mol. The molecule has 0 aromatic heterocycles. The fourth-order valence-corrected chi connectivity index (χ4v) is 2.56. The van der Waals surface area contributed by atoms with E-state index in [4.69, 9.17) is 9.47 Å². The van der Waals surface area contributed by atoms with Crippen molar-refractivity contribution in [2.45, 2.75) is 39.2 Å². The van der Waals surface area contributed by atoms with E-state index in [9.17, 15) is 0 Å². The van der Waals surface area contributed by atoms with Crippen molar-refractivity contribution in [3.05, 3.63) is 23.8 Å². The van der Waals surface area contributed by atoms with Crippen molar-refractivity contribution in [1.82, 2.24) is 5.32 Å². The Labute approximate surface area is 116 Å². The van der Waals surface area contributed by atoms with E-state index in [1.807, 2.05) is 13.1 Å². The van der Waals surface area contributed by atoms with Gasteiger partial charge in [0, 0.05) is 11.6 Å². The maximum Gasteiger partial charge on any atom is 0.166 e. The second-order valence-electron chi connectivity index (χ2n) is 5.54. The zero-order valence-corrected chi connectivity index (χ0v) is 12.2. The zero-order valence-electron chi connectivity index (χ0n) is 12.2. The van der Waals surface area contributed by atoms with Crippen molar-refractivity contribution < 1.29 is 9.47 Å². The number of hydrogen-bond acceptors (Lipinski definition) is 3. The minimum absolute atomic E-state index is 0.343. The van der Waals surface area contributed by atoms with Crippen molar-refractivity contribution in [3.63, 3.8) is 0 Å². The number of benzene rings is 1. The molecule has 3 heteroatoms. The van der Waals surface area contributed by atoms with Crippen LogP contribution in [0.25, 0.3) is 0 Å². The maximum atomic E-state index is 5.80. The lowest BCUT2D eigenvalue weighted by Gasteiger charge is -2.25. The van der Waals surface area contributed by atoms with Gasteiger partial charge in [-0.05, 0) is 25.5 Å². The van der Waals surface area contributed by atoms with E-state index >= 15 is 0 Å². The summed E-state index contributed by atoms with van der Waals surface area (Å²) >= 11 is 0. The largest absolute Gasteiger partial charge is 0.486 e. The van der Waals surface area contributed by atoms with Gasteiger partial charge in [0.05, 0.1) is 0 Å². The van der Waals surface area contributed by atoms with E-state index in [2.05, 4.69) is 31.3 Å². The highest BCUT2D eigenvalue weighted by molar-refractivity contribution is 5.48. The van der Waals surface area contributed by atoms with Gasteiger partial charge in [0.1, 0.15) is 13.2 Å². The predicted octanol–water partition coefficient (Wildman–Crippen LogP) is 3.54. The number of nitrogens with one attached hydrogen (secondary N) is 1. The van der Waals surface area contributed by atoms with E-state index in [1.165, 1.54) is 18.4 Å². The van der Waals surface area contributed by atoms with Crippen LogP contribution in [-0.2, 0) is 0 Å². The molecule has 3 nitrogen and oxygen atoms in total. The third-order valence-corrected chi connectivity index (χ3v) is 3.59. The summed E-state index contributed by atoms with van der Waals surface area (Å²) in [5.41, 5.74) is 1.23. The molecule has 106 valence electrons. The van der Waals surface area contributed by atoms with Crippen molar-refractivity contribution >= 4 is 0 Å². The minimum atomic E-state index is 0.343. The van der Waals surface area contributed by atoms with Crippen molar-refractivity contribution in [2.24, 2.45) is 5.92 Å². The highest BCUT2D eigenvalue weighted by Gasteiger charge is 2.20. The standard InChI is InChI=1S/C16H25NO2/c1-12(2)6-4-8-14(17-3)13-7-5-9-15-16(13)19-11-10-18-15/h5,7,9,12,14,17H,4,6,8,10-11H2,1-3H3. The highest BCUT2D eigenvalue weighted by atomic mass is 16.6. The molecule has 0 saturated carbocycles. The molecule has 1 aliphatic rings. The third-order valence-electron chi connectivity index (χ3n) is 3.59. The van der Waals surface area contributed by atoms with Crippen LogP contribution in [0.5, 0.6) is 11.5 Å². The van der Waals surface area contributed by atoms with Gasteiger partial charge in [-0.15, -0.1) is 0 Å². The Bertz CT molecular complexity index is 404. The summed E-state index contributed by atoms with van der Waals surface area (Å²) in [6.07, 6.45) is 3.63. The number of ether oxygens (including phenoxy) is 2. The van der Waals surface area contributed by atoms with Crippen LogP contribution in [0.3, 0.4) is 0 Å². The highest BCUT2D eigenvalue weighted by Crippen LogP contribution is 2.38. The fourth-order valence-electron chi connectivity index (χ4n) is 2.56. The summed E-state index contributed by atoms with van der Waals surface area (Å²) in [7, 11) is 2.02. The fraction of sp³-hybridized carbons (Fsp3) is 0.625. The Morgan fingerprint density at radius 1 is 1.16 bits per heavy atom. The molecule has 1 aliphatic heterocycles. The lowest BCUT2D eigenvalue weighted by atomic mass is 9.97. The summed E-state index contributed by atoms with van der Waals surface area (Å²) in [5.74, 6) is 2.58. The second kappa shape index (κ2) is 6.80. The molecule has 1 heterocycles. The molecule has 0 aliphatic carbocycles. The molecule has 0 saturated heterocycles. The molecule has 0 radical (unpaired) electrons. The summed E-state index contributed by atoms with van der Waals surface area (Å²) in [5, 5.41) is 3.41. The zero-order chi connectivity index (χ0) is 13.7. The Hall–Kier alpha value is -1.22. The molecule has 0 bridgehead atoms. The lowest BCUT2D eigenvalue weighted by Crippen LogP contribution is -2.21. The monoisotopic (exact) mass is 263 g/mol. The SMILES string of the molecule is CNC(CCCC(C)C)c1cccc2c1OCCO2. The van der Waals surface area contributed by atoms with E-state index in [-0.39, 0.29) is 0 Å². The topological polar surface area (TPSA) is 30.5 Å². The molecule has 1 aromatic carbocycles. The lowest BCUT2D eigenvalue weighted by molar-refractivity contribution is 0.168. The van der Waals surface area contributed by atoms with Crippen LogP contribution >= 0.6 is 0 Å². The number of fused-ring (bicyclic) bond motifs is 1. The van der Waals surface area contributed by atoms with Gasteiger partial charge in [0.25, 0.3) is 0 Å². The van der Waals surface area contributed by atoms with Crippen LogP contribution < -0.4 is 14.8 Å². The first-order valence-electron chi connectivity index (χ1n) is 7.28. The van der Waals surface area contributed by atoms with Crippen LogP contribution in [0.15, 0.2) is 18.2 Å². The summed E-state index contributed by atoms with van der Waals surface area (Å²) in [6.45, 7) is 5.84. The molecule has 0 fully saturated rings. The summed E-state index contributed by atoms with van der Waals surface area (Å²) in [4.78, 5) is 0. The number of rotatable bonds is 6. The first kappa shape index (κ1) is 14.2. The Balaban J connectivity index is 2.09. The predicted molar refractivity (Wildman–Crippen MR) is 77.9 cm³/mol. The molecule has 1 unspecified atom stereocenters. The quantitative estimate of drug-likeness (QED) is 0.851. The maximum absolute atomic E-state index is 5.80. The van der Waals surface area contributed by atoms with Gasteiger partial charge in [-0.3, -0.25) is 0 Å². The van der Waals surface area contributed by atoms with Gasteiger partial charge < -0.3 is 14.8 Å². The van der Waals surface area contributed by atoms with Gasteiger partial charge in [-0.1, -0.05) is 38.8 Å². The Kier molecular flexibility index (Phi) is 5.08. The first-order valence-corrected chi connectivity index (χ1v) is 7.28. The molecule has 1 aromatic rings.